The third kappa shape index (κ3) is 7.96. The molecule has 8 nitrogen and oxygen atoms in total. The Bertz CT molecular complexity index is 600. The number of ether oxygens (including phenoxy) is 2. The number of carbonyl (C=O) groups excluding carboxylic acids is 4. The largest absolute Gasteiger partial charge is 0.482 e. The van der Waals surface area contributed by atoms with Crippen molar-refractivity contribution in [2.45, 2.75) is 26.3 Å². The van der Waals surface area contributed by atoms with Gasteiger partial charge in [-0.2, -0.15) is 0 Å². The molecule has 1 aromatic carbocycles. The third-order valence-corrected chi connectivity index (χ3v) is 3.06. The maximum absolute atomic E-state index is 11.6. The van der Waals surface area contributed by atoms with E-state index in [0.717, 1.165) is 6.42 Å². The van der Waals surface area contributed by atoms with Crippen molar-refractivity contribution in [1.82, 2.24) is 10.6 Å². The van der Waals surface area contributed by atoms with Crippen LogP contribution in [0, 0.1) is 0 Å². The van der Waals surface area contributed by atoms with Gasteiger partial charge in [-0.3, -0.25) is 14.4 Å². The number of esters is 1. The number of amides is 2. The van der Waals surface area contributed by atoms with E-state index < -0.39 is 24.5 Å². The molecule has 0 saturated carbocycles. The summed E-state index contributed by atoms with van der Waals surface area (Å²) in [5.74, 6) is -1.21. The van der Waals surface area contributed by atoms with Crippen LogP contribution in [0.15, 0.2) is 24.3 Å². The van der Waals surface area contributed by atoms with Gasteiger partial charge in [-0.25, -0.2) is 4.79 Å². The molecule has 8 heteroatoms. The van der Waals surface area contributed by atoms with Gasteiger partial charge < -0.3 is 20.1 Å². The summed E-state index contributed by atoms with van der Waals surface area (Å²) in [6.07, 6.45) is 1.49. The molecule has 0 spiro atoms. The minimum atomic E-state index is -0.724. The summed E-state index contributed by atoms with van der Waals surface area (Å²) in [4.78, 5) is 45.3. The van der Waals surface area contributed by atoms with Gasteiger partial charge in [-0.15, -0.1) is 0 Å². The molecular weight excluding hydrogens is 328 g/mol. The van der Waals surface area contributed by atoms with Crippen molar-refractivity contribution in [3.8, 4) is 5.75 Å². The minimum absolute atomic E-state index is 0.302. The fourth-order valence-corrected chi connectivity index (χ4v) is 1.72. The van der Waals surface area contributed by atoms with Crippen molar-refractivity contribution in [2.75, 3.05) is 19.8 Å². The van der Waals surface area contributed by atoms with Gasteiger partial charge in [-0.05, 0) is 37.6 Å². The van der Waals surface area contributed by atoms with Gasteiger partial charge in [0.25, 0.3) is 5.91 Å². The van der Waals surface area contributed by atoms with Crippen molar-refractivity contribution in [2.24, 2.45) is 0 Å². The normalized spacial score (nSPS) is 11.1. The van der Waals surface area contributed by atoms with Gasteiger partial charge in [0, 0.05) is 12.1 Å². The predicted molar refractivity (Wildman–Crippen MR) is 89.2 cm³/mol. The summed E-state index contributed by atoms with van der Waals surface area (Å²) >= 11 is 0. The lowest BCUT2D eigenvalue weighted by Gasteiger charge is -2.14. The summed E-state index contributed by atoms with van der Waals surface area (Å²) in [6, 6.07) is 5.46. The van der Waals surface area contributed by atoms with E-state index in [4.69, 9.17) is 9.47 Å². The average Bonchev–Trinajstić information content (AvgIpc) is 2.62. The lowest BCUT2D eigenvalue weighted by Crippen LogP contribution is -2.46. The molecule has 0 aromatic heterocycles. The molecule has 0 aliphatic heterocycles. The highest BCUT2D eigenvalue weighted by Gasteiger charge is 2.16. The maximum atomic E-state index is 11.6. The van der Waals surface area contributed by atoms with Crippen LogP contribution in [-0.4, -0.2) is 49.9 Å². The van der Waals surface area contributed by atoms with Crippen molar-refractivity contribution >= 4 is 24.1 Å². The molecule has 136 valence electrons. The monoisotopic (exact) mass is 350 g/mol. The lowest BCUT2D eigenvalue weighted by molar-refractivity contribution is -0.150. The summed E-state index contributed by atoms with van der Waals surface area (Å²) in [5.41, 5.74) is 0.490. The molecule has 2 amide bonds. The van der Waals surface area contributed by atoms with Crippen LogP contribution in [0.2, 0.25) is 0 Å². The van der Waals surface area contributed by atoms with Crippen LogP contribution in [0.25, 0.3) is 0 Å². The summed E-state index contributed by atoms with van der Waals surface area (Å²) in [7, 11) is 0. The first-order valence-electron chi connectivity index (χ1n) is 7.87. The molecule has 2 N–H and O–H groups in total. The van der Waals surface area contributed by atoms with Crippen LogP contribution >= 0.6 is 0 Å². The number of aldehydes is 1. The molecule has 0 aliphatic rings. The number of rotatable bonds is 10. The first-order valence-corrected chi connectivity index (χ1v) is 7.87. The molecule has 1 atom stereocenters. The molecule has 0 fully saturated rings. The number of benzene rings is 1. The predicted octanol–water partition coefficient (Wildman–Crippen LogP) is 0.452. The molecule has 25 heavy (non-hydrogen) atoms. The van der Waals surface area contributed by atoms with E-state index >= 15 is 0 Å². The first kappa shape index (κ1) is 20.1. The highest BCUT2D eigenvalue weighted by atomic mass is 16.6. The second kappa shape index (κ2) is 10.8. The van der Waals surface area contributed by atoms with E-state index in [-0.39, 0.29) is 12.5 Å². The van der Waals surface area contributed by atoms with Crippen molar-refractivity contribution in [3.63, 3.8) is 0 Å². The Morgan fingerprint density at radius 2 is 1.84 bits per heavy atom. The minimum Gasteiger partial charge on any atom is -0.482 e. The fourth-order valence-electron chi connectivity index (χ4n) is 1.72. The molecule has 0 unspecified atom stereocenters. The quantitative estimate of drug-likeness (QED) is 0.468. The highest BCUT2D eigenvalue weighted by molar-refractivity contribution is 5.88. The van der Waals surface area contributed by atoms with Crippen molar-refractivity contribution in [3.05, 3.63) is 29.8 Å². The van der Waals surface area contributed by atoms with Gasteiger partial charge in [0.15, 0.2) is 13.2 Å². The van der Waals surface area contributed by atoms with Crippen LogP contribution in [0.1, 0.15) is 30.6 Å². The smallest absolute Gasteiger partial charge is 0.344 e. The van der Waals surface area contributed by atoms with Gasteiger partial charge in [0.2, 0.25) is 5.91 Å². The van der Waals surface area contributed by atoms with Gasteiger partial charge >= 0.3 is 5.97 Å². The Morgan fingerprint density at radius 3 is 2.44 bits per heavy atom. The third-order valence-electron chi connectivity index (χ3n) is 3.06. The molecule has 0 saturated heterocycles. The van der Waals surface area contributed by atoms with Crippen molar-refractivity contribution < 1.29 is 28.7 Å². The van der Waals surface area contributed by atoms with Gasteiger partial charge in [0.1, 0.15) is 18.1 Å². The second-order valence-corrected chi connectivity index (χ2v) is 5.22. The van der Waals surface area contributed by atoms with E-state index in [1.54, 1.807) is 24.3 Å². The standard InChI is InChI=1S/C17H22N2O6/c1-3-8-18-17(23)12(2)19-15(21)10-25-16(22)11-24-14-6-4-13(9-20)5-7-14/h4-7,9,12H,3,8,10-11H2,1-2H3,(H,18,23)(H,19,21)/t12-/m0/s1. The summed E-state index contributed by atoms with van der Waals surface area (Å²) in [6.45, 7) is 3.11. The Labute approximate surface area is 145 Å². The van der Waals surface area contributed by atoms with E-state index in [9.17, 15) is 19.2 Å². The van der Waals surface area contributed by atoms with Gasteiger partial charge in [0.05, 0.1) is 0 Å². The second-order valence-electron chi connectivity index (χ2n) is 5.22. The fraction of sp³-hybridized carbons (Fsp3) is 0.412. The maximum Gasteiger partial charge on any atom is 0.344 e. The van der Waals surface area contributed by atoms with Crippen LogP contribution in [0.4, 0.5) is 0 Å². The Morgan fingerprint density at radius 1 is 1.16 bits per heavy atom. The number of carbonyl (C=O) groups is 4. The zero-order valence-electron chi connectivity index (χ0n) is 14.2. The zero-order valence-corrected chi connectivity index (χ0v) is 14.2. The lowest BCUT2D eigenvalue weighted by atomic mass is 10.2. The SMILES string of the molecule is CCCNC(=O)[C@H](C)NC(=O)COC(=O)COc1ccc(C=O)cc1. The molecule has 0 radical (unpaired) electrons. The molecule has 0 heterocycles. The van der Waals surface area contributed by atoms with Crippen molar-refractivity contribution in [1.29, 1.82) is 0 Å². The van der Waals surface area contributed by atoms with Crippen LogP contribution < -0.4 is 15.4 Å². The number of nitrogens with one attached hydrogen (secondary N) is 2. The summed E-state index contributed by atoms with van der Waals surface area (Å²) < 4.78 is 9.95. The molecule has 0 bridgehead atoms. The Kier molecular flexibility index (Phi) is 8.70. The molecule has 0 aliphatic carbocycles. The van der Waals surface area contributed by atoms with Crippen LogP contribution in [0.5, 0.6) is 5.75 Å². The molecule has 1 rings (SSSR count). The number of hydrogen-bond donors (Lipinski definition) is 2. The van der Waals surface area contributed by atoms with Crippen LogP contribution in [-0.2, 0) is 19.1 Å². The van der Waals surface area contributed by atoms with E-state index in [2.05, 4.69) is 10.6 Å². The van der Waals surface area contributed by atoms with E-state index in [1.807, 2.05) is 6.92 Å². The Hall–Kier alpha value is -2.90. The number of hydrogen-bond acceptors (Lipinski definition) is 6. The van der Waals surface area contributed by atoms with E-state index in [1.165, 1.54) is 6.92 Å². The summed E-state index contributed by atoms with van der Waals surface area (Å²) in [5, 5.41) is 5.07. The average molecular weight is 350 g/mol. The van der Waals surface area contributed by atoms with Crippen LogP contribution in [0.3, 0.4) is 0 Å². The zero-order chi connectivity index (χ0) is 18.7. The topological polar surface area (TPSA) is 111 Å². The van der Waals surface area contributed by atoms with E-state index in [0.29, 0.717) is 24.1 Å². The molecule has 1 aromatic rings. The van der Waals surface area contributed by atoms with Gasteiger partial charge in [-0.1, -0.05) is 6.92 Å². The Balaban J connectivity index is 2.27. The first-order chi connectivity index (χ1) is 12.0. The molecular formula is C17H22N2O6. The highest BCUT2D eigenvalue weighted by Crippen LogP contribution is 2.10.